The van der Waals surface area contributed by atoms with Gasteiger partial charge < -0.3 is 19.2 Å². The van der Waals surface area contributed by atoms with Crippen molar-refractivity contribution < 1.29 is 23.5 Å². The van der Waals surface area contributed by atoms with Crippen LogP contribution in [-0.2, 0) is 16.1 Å². The van der Waals surface area contributed by atoms with Crippen LogP contribution >= 0.6 is 0 Å². The molecule has 0 aliphatic heterocycles. The molecular weight excluding hydrogens is 298 g/mol. The number of carbonyl (C=O) groups excluding carboxylic acids is 2. The van der Waals surface area contributed by atoms with E-state index in [2.05, 4.69) is 5.32 Å². The zero-order chi connectivity index (χ0) is 16.7. The van der Waals surface area contributed by atoms with Crippen molar-refractivity contribution in [1.29, 1.82) is 0 Å². The summed E-state index contributed by atoms with van der Waals surface area (Å²) in [6.45, 7) is 4.00. The van der Waals surface area contributed by atoms with Crippen molar-refractivity contribution in [3.63, 3.8) is 0 Å². The molecule has 0 fully saturated rings. The summed E-state index contributed by atoms with van der Waals surface area (Å²) in [6, 6.07) is 10.8. The number of ether oxygens (including phenoxy) is 2. The topological polar surface area (TPSA) is 77.8 Å². The lowest BCUT2D eigenvalue weighted by Gasteiger charge is -2.04. The van der Waals surface area contributed by atoms with E-state index in [1.807, 2.05) is 31.2 Å². The molecule has 0 atom stereocenters. The standard InChI is InChI=1S/C17H19NO5/c1-3-21-16(19)10-18-17(20)15-9-8-14(23-15)11-22-13-6-4-12(2)5-7-13/h4-9H,3,10-11H2,1-2H3,(H,18,20). The normalized spacial score (nSPS) is 10.2. The second-order valence-electron chi connectivity index (χ2n) is 4.86. The van der Waals surface area contributed by atoms with Gasteiger partial charge in [-0.15, -0.1) is 0 Å². The monoisotopic (exact) mass is 317 g/mol. The minimum absolute atomic E-state index is 0.122. The Morgan fingerprint density at radius 2 is 1.87 bits per heavy atom. The minimum atomic E-state index is -0.490. The van der Waals surface area contributed by atoms with E-state index in [0.717, 1.165) is 11.3 Å². The molecule has 1 aromatic heterocycles. The third kappa shape index (κ3) is 5.18. The lowest BCUT2D eigenvalue weighted by molar-refractivity contribution is -0.141. The first kappa shape index (κ1) is 16.6. The summed E-state index contributed by atoms with van der Waals surface area (Å²) in [7, 11) is 0. The highest BCUT2D eigenvalue weighted by Gasteiger charge is 2.13. The number of hydrogen-bond donors (Lipinski definition) is 1. The van der Waals surface area contributed by atoms with E-state index in [0.29, 0.717) is 5.76 Å². The molecule has 6 heteroatoms. The molecule has 2 aromatic rings. The summed E-state index contributed by atoms with van der Waals surface area (Å²) in [5.41, 5.74) is 1.15. The van der Waals surface area contributed by atoms with Crippen LogP contribution in [-0.4, -0.2) is 25.0 Å². The summed E-state index contributed by atoms with van der Waals surface area (Å²) in [4.78, 5) is 23.0. The molecule has 23 heavy (non-hydrogen) atoms. The molecule has 0 spiro atoms. The third-order valence-corrected chi connectivity index (χ3v) is 2.99. The van der Waals surface area contributed by atoms with E-state index in [-0.39, 0.29) is 25.5 Å². The molecule has 2 rings (SSSR count). The van der Waals surface area contributed by atoms with Gasteiger partial charge in [-0.25, -0.2) is 0 Å². The van der Waals surface area contributed by atoms with Gasteiger partial charge in [0.25, 0.3) is 5.91 Å². The molecule has 0 aliphatic rings. The number of rotatable bonds is 7. The molecule has 0 radical (unpaired) electrons. The van der Waals surface area contributed by atoms with Gasteiger partial charge in [0.2, 0.25) is 0 Å². The van der Waals surface area contributed by atoms with Crippen LogP contribution in [0.15, 0.2) is 40.8 Å². The molecule has 1 N–H and O–H groups in total. The first-order valence-corrected chi connectivity index (χ1v) is 7.30. The fraction of sp³-hybridized carbons (Fsp3) is 0.294. The van der Waals surface area contributed by atoms with Crippen molar-refractivity contribution in [3.05, 3.63) is 53.5 Å². The summed E-state index contributed by atoms with van der Waals surface area (Å²) in [6.07, 6.45) is 0. The zero-order valence-electron chi connectivity index (χ0n) is 13.1. The summed E-state index contributed by atoms with van der Waals surface area (Å²) >= 11 is 0. The number of esters is 1. The van der Waals surface area contributed by atoms with Crippen molar-refractivity contribution in [1.82, 2.24) is 5.32 Å². The zero-order valence-corrected chi connectivity index (χ0v) is 13.1. The van der Waals surface area contributed by atoms with E-state index in [9.17, 15) is 9.59 Å². The van der Waals surface area contributed by atoms with E-state index in [1.165, 1.54) is 6.07 Å². The smallest absolute Gasteiger partial charge is 0.325 e. The van der Waals surface area contributed by atoms with Crippen molar-refractivity contribution in [2.45, 2.75) is 20.5 Å². The number of hydrogen-bond acceptors (Lipinski definition) is 5. The van der Waals surface area contributed by atoms with Crippen LogP contribution in [0.5, 0.6) is 5.75 Å². The van der Waals surface area contributed by atoms with Gasteiger partial charge >= 0.3 is 5.97 Å². The Labute approximate surface area is 134 Å². The maximum Gasteiger partial charge on any atom is 0.325 e. The fourth-order valence-corrected chi connectivity index (χ4v) is 1.82. The van der Waals surface area contributed by atoms with Crippen LogP contribution in [0.4, 0.5) is 0 Å². The highest BCUT2D eigenvalue weighted by Crippen LogP contribution is 2.15. The van der Waals surface area contributed by atoms with E-state index < -0.39 is 11.9 Å². The number of benzene rings is 1. The van der Waals surface area contributed by atoms with Gasteiger partial charge in [-0.3, -0.25) is 9.59 Å². The number of amides is 1. The second kappa shape index (κ2) is 8.03. The van der Waals surface area contributed by atoms with Crippen molar-refractivity contribution >= 4 is 11.9 Å². The Kier molecular flexibility index (Phi) is 5.80. The summed E-state index contributed by atoms with van der Waals surface area (Å²) < 4.78 is 15.7. The highest BCUT2D eigenvalue weighted by atomic mass is 16.5. The highest BCUT2D eigenvalue weighted by molar-refractivity contribution is 5.93. The first-order chi connectivity index (χ1) is 11.1. The first-order valence-electron chi connectivity index (χ1n) is 7.30. The van der Waals surface area contributed by atoms with Gasteiger partial charge in [0, 0.05) is 0 Å². The Morgan fingerprint density at radius 1 is 1.13 bits per heavy atom. The SMILES string of the molecule is CCOC(=O)CNC(=O)c1ccc(COc2ccc(C)cc2)o1. The molecule has 122 valence electrons. The molecule has 0 unspecified atom stereocenters. The van der Waals surface area contributed by atoms with Crippen molar-refractivity contribution in [2.75, 3.05) is 13.2 Å². The molecule has 1 heterocycles. The van der Waals surface area contributed by atoms with Crippen LogP contribution < -0.4 is 10.1 Å². The van der Waals surface area contributed by atoms with Crippen LogP contribution in [0.25, 0.3) is 0 Å². The quantitative estimate of drug-likeness (QED) is 0.794. The molecule has 0 aliphatic carbocycles. The number of carbonyl (C=O) groups is 2. The Hall–Kier alpha value is -2.76. The number of aryl methyl sites for hydroxylation is 1. The van der Waals surface area contributed by atoms with Crippen molar-refractivity contribution in [3.8, 4) is 5.75 Å². The summed E-state index contributed by atoms with van der Waals surface area (Å²) in [5, 5.41) is 2.43. The van der Waals surface area contributed by atoms with Crippen LogP contribution in [0.2, 0.25) is 0 Å². The van der Waals surface area contributed by atoms with Gasteiger partial charge in [-0.1, -0.05) is 17.7 Å². The fourth-order valence-electron chi connectivity index (χ4n) is 1.82. The second-order valence-corrected chi connectivity index (χ2v) is 4.86. The maximum atomic E-state index is 11.8. The average molecular weight is 317 g/mol. The van der Waals surface area contributed by atoms with Crippen LogP contribution in [0, 0.1) is 6.92 Å². The molecule has 0 bridgehead atoms. The Morgan fingerprint density at radius 3 is 2.57 bits per heavy atom. The molecule has 6 nitrogen and oxygen atoms in total. The predicted molar refractivity (Wildman–Crippen MR) is 83.2 cm³/mol. The minimum Gasteiger partial charge on any atom is -0.486 e. The molecule has 0 saturated carbocycles. The number of nitrogens with one attached hydrogen (secondary N) is 1. The van der Waals surface area contributed by atoms with E-state index in [4.69, 9.17) is 13.9 Å². The maximum absolute atomic E-state index is 11.8. The Balaban J connectivity index is 1.83. The predicted octanol–water partition coefficient (Wildman–Crippen LogP) is 2.46. The van der Waals surface area contributed by atoms with Crippen LogP contribution in [0.1, 0.15) is 28.8 Å². The van der Waals surface area contributed by atoms with Gasteiger partial charge in [0.15, 0.2) is 5.76 Å². The lowest BCUT2D eigenvalue weighted by Crippen LogP contribution is -2.30. The van der Waals surface area contributed by atoms with Gasteiger partial charge in [0.05, 0.1) is 6.61 Å². The molecular formula is C17H19NO5. The largest absolute Gasteiger partial charge is 0.486 e. The van der Waals surface area contributed by atoms with E-state index in [1.54, 1.807) is 13.0 Å². The molecule has 0 saturated heterocycles. The molecule has 1 amide bonds. The van der Waals surface area contributed by atoms with Crippen molar-refractivity contribution in [2.24, 2.45) is 0 Å². The average Bonchev–Trinajstić information content (AvgIpc) is 3.01. The van der Waals surface area contributed by atoms with E-state index >= 15 is 0 Å². The Bertz CT molecular complexity index is 660. The van der Waals surface area contributed by atoms with Gasteiger partial charge in [-0.05, 0) is 38.1 Å². The lowest BCUT2D eigenvalue weighted by atomic mass is 10.2. The van der Waals surface area contributed by atoms with Gasteiger partial charge in [-0.2, -0.15) is 0 Å². The van der Waals surface area contributed by atoms with Crippen LogP contribution in [0.3, 0.4) is 0 Å². The third-order valence-electron chi connectivity index (χ3n) is 2.99. The summed E-state index contributed by atoms with van der Waals surface area (Å²) in [5.74, 6) is 0.402. The number of furan rings is 1. The molecule has 1 aromatic carbocycles. The van der Waals surface area contributed by atoms with Gasteiger partial charge in [0.1, 0.15) is 24.7 Å².